The van der Waals surface area contributed by atoms with Crippen LogP contribution in [-0.2, 0) is 11.2 Å². The predicted octanol–water partition coefficient (Wildman–Crippen LogP) is 3.63. The van der Waals surface area contributed by atoms with E-state index in [0.29, 0.717) is 29.6 Å². The summed E-state index contributed by atoms with van der Waals surface area (Å²) in [6.07, 6.45) is 2.77. The second kappa shape index (κ2) is 7.94. The van der Waals surface area contributed by atoms with Gasteiger partial charge in [-0.05, 0) is 25.5 Å². The molecule has 0 aliphatic carbocycles. The van der Waals surface area contributed by atoms with Gasteiger partial charge in [-0.25, -0.2) is 0 Å². The van der Waals surface area contributed by atoms with Gasteiger partial charge in [0.05, 0.1) is 5.02 Å². The first kappa shape index (κ1) is 16.5. The van der Waals surface area contributed by atoms with Crippen molar-refractivity contribution in [2.24, 2.45) is 0 Å². The van der Waals surface area contributed by atoms with Gasteiger partial charge in [0.15, 0.2) is 0 Å². The van der Waals surface area contributed by atoms with Gasteiger partial charge >= 0.3 is 0 Å². The molecule has 0 saturated heterocycles. The SMILES string of the molecule is CCC[C@@H](C)NC(=O)CCc1nc(-c2ccccc2Cl)no1. The van der Waals surface area contributed by atoms with Crippen molar-refractivity contribution in [3.05, 3.63) is 35.2 Å². The maximum Gasteiger partial charge on any atom is 0.227 e. The highest BCUT2D eigenvalue weighted by Gasteiger charge is 2.13. The van der Waals surface area contributed by atoms with Crippen LogP contribution in [0.2, 0.25) is 5.02 Å². The lowest BCUT2D eigenvalue weighted by Crippen LogP contribution is -2.32. The molecule has 0 radical (unpaired) electrons. The third-order valence-corrected chi connectivity index (χ3v) is 3.61. The van der Waals surface area contributed by atoms with Crippen molar-refractivity contribution in [3.63, 3.8) is 0 Å². The van der Waals surface area contributed by atoms with Crippen LogP contribution in [0.4, 0.5) is 0 Å². The van der Waals surface area contributed by atoms with Crippen LogP contribution in [0.3, 0.4) is 0 Å². The number of halogens is 1. The molecule has 1 atom stereocenters. The van der Waals surface area contributed by atoms with Crippen LogP contribution in [0, 0.1) is 0 Å². The first-order valence-corrected chi connectivity index (χ1v) is 7.84. The molecular formula is C16H20ClN3O2. The highest BCUT2D eigenvalue weighted by molar-refractivity contribution is 6.33. The summed E-state index contributed by atoms with van der Waals surface area (Å²) in [6, 6.07) is 7.50. The van der Waals surface area contributed by atoms with E-state index in [1.54, 1.807) is 6.07 Å². The molecule has 1 aromatic carbocycles. The van der Waals surface area contributed by atoms with Gasteiger partial charge in [-0.3, -0.25) is 4.79 Å². The Morgan fingerprint density at radius 1 is 1.41 bits per heavy atom. The molecule has 0 spiro atoms. The first-order chi connectivity index (χ1) is 10.6. The Morgan fingerprint density at radius 2 is 2.18 bits per heavy atom. The fraction of sp³-hybridized carbons (Fsp3) is 0.438. The fourth-order valence-electron chi connectivity index (χ4n) is 2.18. The highest BCUT2D eigenvalue weighted by Crippen LogP contribution is 2.24. The van der Waals surface area contributed by atoms with E-state index in [2.05, 4.69) is 22.4 Å². The van der Waals surface area contributed by atoms with Crippen LogP contribution in [0.25, 0.3) is 11.4 Å². The Bertz CT molecular complexity index is 627. The number of carbonyl (C=O) groups is 1. The van der Waals surface area contributed by atoms with E-state index in [9.17, 15) is 4.79 Å². The summed E-state index contributed by atoms with van der Waals surface area (Å²) in [7, 11) is 0. The van der Waals surface area contributed by atoms with Crippen molar-refractivity contribution >= 4 is 17.5 Å². The van der Waals surface area contributed by atoms with Gasteiger partial charge in [-0.15, -0.1) is 0 Å². The number of nitrogens with one attached hydrogen (secondary N) is 1. The summed E-state index contributed by atoms with van der Waals surface area (Å²) in [5, 5.41) is 7.43. The summed E-state index contributed by atoms with van der Waals surface area (Å²) >= 11 is 6.10. The van der Waals surface area contributed by atoms with Gasteiger partial charge in [0.2, 0.25) is 17.6 Å². The normalized spacial score (nSPS) is 12.1. The molecular weight excluding hydrogens is 302 g/mol. The third-order valence-electron chi connectivity index (χ3n) is 3.28. The van der Waals surface area contributed by atoms with Gasteiger partial charge in [0.25, 0.3) is 0 Å². The Balaban J connectivity index is 1.90. The van der Waals surface area contributed by atoms with Crippen molar-refractivity contribution in [3.8, 4) is 11.4 Å². The van der Waals surface area contributed by atoms with E-state index in [1.165, 1.54) is 0 Å². The highest BCUT2D eigenvalue weighted by atomic mass is 35.5. The van der Waals surface area contributed by atoms with E-state index >= 15 is 0 Å². The van der Waals surface area contributed by atoms with Crippen LogP contribution < -0.4 is 5.32 Å². The number of aromatic nitrogens is 2. The van der Waals surface area contributed by atoms with Crippen molar-refractivity contribution in [1.29, 1.82) is 0 Å². The minimum absolute atomic E-state index is 0.00144. The Kier molecular flexibility index (Phi) is 5.95. The molecule has 0 fully saturated rings. The van der Waals surface area contributed by atoms with Crippen molar-refractivity contribution in [2.45, 2.75) is 45.6 Å². The van der Waals surface area contributed by atoms with E-state index in [0.717, 1.165) is 18.4 Å². The van der Waals surface area contributed by atoms with Gasteiger partial charge in [0, 0.05) is 24.4 Å². The Morgan fingerprint density at radius 3 is 2.91 bits per heavy atom. The molecule has 1 aromatic heterocycles. The fourth-order valence-corrected chi connectivity index (χ4v) is 2.40. The molecule has 1 heterocycles. The molecule has 0 bridgehead atoms. The molecule has 22 heavy (non-hydrogen) atoms. The molecule has 2 aromatic rings. The number of carbonyl (C=O) groups excluding carboxylic acids is 1. The summed E-state index contributed by atoms with van der Waals surface area (Å²) in [6.45, 7) is 4.10. The maximum absolute atomic E-state index is 11.8. The first-order valence-electron chi connectivity index (χ1n) is 7.47. The topological polar surface area (TPSA) is 68.0 Å². The molecule has 0 aliphatic rings. The molecule has 0 saturated carbocycles. The minimum Gasteiger partial charge on any atom is -0.354 e. The van der Waals surface area contributed by atoms with Gasteiger partial charge in [-0.2, -0.15) is 4.98 Å². The third kappa shape index (κ3) is 4.56. The second-order valence-corrected chi connectivity index (χ2v) is 5.66. The van der Waals surface area contributed by atoms with Gasteiger partial charge in [0.1, 0.15) is 0 Å². The number of aryl methyl sites for hydroxylation is 1. The zero-order chi connectivity index (χ0) is 15.9. The molecule has 0 aliphatic heterocycles. The van der Waals surface area contributed by atoms with Crippen LogP contribution in [0.5, 0.6) is 0 Å². The summed E-state index contributed by atoms with van der Waals surface area (Å²) in [5.41, 5.74) is 0.722. The summed E-state index contributed by atoms with van der Waals surface area (Å²) < 4.78 is 5.18. The molecule has 1 amide bonds. The number of amides is 1. The van der Waals surface area contributed by atoms with E-state index < -0.39 is 0 Å². The lowest BCUT2D eigenvalue weighted by atomic mass is 10.2. The van der Waals surface area contributed by atoms with Crippen LogP contribution >= 0.6 is 11.6 Å². The number of hydrogen-bond donors (Lipinski definition) is 1. The smallest absolute Gasteiger partial charge is 0.227 e. The lowest BCUT2D eigenvalue weighted by Gasteiger charge is -2.11. The number of nitrogens with zero attached hydrogens (tertiary/aromatic N) is 2. The second-order valence-electron chi connectivity index (χ2n) is 5.25. The Labute approximate surface area is 135 Å². The van der Waals surface area contributed by atoms with Gasteiger partial charge in [-0.1, -0.05) is 42.2 Å². The average Bonchev–Trinajstić information content (AvgIpc) is 2.94. The van der Waals surface area contributed by atoms with Gasteiger partial charge < -0.3 is 9.84 Å². The summed E-state index contributed by atoms with van der Waals surface area (Å²) in [5.74, 6) is 0.881. The monoisotopic (exact) mass is 321 g/mol. The number of hydrogen-bond acceptors (Lipinski definition) is 4. The number of rotatable bonds is 7. The zero-order valence-corrected chi connectivity index (χ0v) is 13.6. The lowest BCUT2D eigenvalue weighted by molar-refractivity contribution is -0.121. The molecule has 2 rings (SSSR count). The van der Waals surface area contributed by atoms with Crippen LogP contribution in [-0.4, -0.2) is 22.1 Å². The standard InChI is InChI=1S/C16H20ClN3O2/c1-3-6-11(2)18-14(21)9-10-15-19-16(20-22-15)12-7-4-5-8-13(12)17/h4-5,7-8,11H,3,6,9-10H2,1-2H3,(H,18,21)/t11-/m1/s1. The van der Waals surface area contributed by atoms with Crippen LogP contribution in [0.1, 0.15) is 39.0 Å². The minimum atomic E-state index is -0.00144. The van der Waals surface area contributed by atoms with Crippen molar-refractivity contribution < 1.29 is 9.32 Å². The molecule has 6 heteroatoms. The summed E-state index contributed by atoms with van der Waals surface area (Å²) in [4.78, 5) is 16.1. The van der Waals surface area contributed by atoms with E-state index in [1.807, 2.05) is 25.1 Å². The van der Waals surface area contributed by atoms with Crippen LogP contribution in [0.15, 0.2) is 28.8 Å². The van der Waals surface area contributed by atoms with Crippen molar-refractivity contribution in [1.82, 2.24) is 15.5 Å². The molecule has 0 unspecified atom stereocenters. The largest absolute Gasteiger partial charge is 0.354 e. The van der Waals surface area contributed by atoms with E-state index in [-0.39, 0.29) is 11.9 Å². The Hall–Kier alpha value is -1.88. The predicted molar refractivity (Wildman–Crippen MR) is 85.6 cm³/mol. The molecule has 1 N–H and O–H groups in total. The van der Waals surface area contributed by atoms with Crippen molar-refractivity contribution in [2.75, 3.05) is 0 Å². The van der Waals surface area contributed by atoms with E-state index in [4.69, 9.17) is 16.1 Å². The quantitative estimate of drug-likeness (QED) is 0.845. The average molecular weight is 322 g/mol. The zero-order valence-electron chi connectivity index (χ0n) is 12.8. The molecule has 5 nitrogen and oxygen atoms in total. The number of benzene rings is 1. The maximum atomic E-state index is 11.8. The molecule has 118 valence electrons.